The smallest absolute Gasteiger partial charge is 0.251 e. The van der Waals surface area contributed by atoms with Gasteiger partial charge < -0.3 is 4.98 Å². The Labute approximate surface area is 124 Å². The van der Waals surface area contributed by atoms with E-state index in [0.717, 1.165) is 34.5 Å². The van der Waals surface area contributed by atoms with E-state index in [1.54, 1.807) is 4.68 Å². The van der Waals surface area contributed by atoms with Gasteiger partial charge in [-0.2, -0.15) is 5.10 Å². The van der Waals surface area contributed by atoms with E-state index in [-0.39, 0.29) is 5.56 Å². The average Bonchev–Trinajstić information content (AvgIpc) is 3.18. The van der Waals surface area contributed by atoms with Gasteiger partial charge in [-0.25, -0.2) is 4.98 Å². The summed E-state index contributed by atoms with van der Waals surface area (Å²) in [7, 11) is 1.89. The van der Waals surface area contributed by atoms with E-state index in [4.69, 9.17) is 0 Å². The van der Waals surface area contributed by atoms with Crippen LogP contribution in [0.4, 0.5) is 0 Å². The van der Waals surface area contributed by atoms with Crippen LogP contribution in [0.1, 0.15) is 41.7 Å². The molecule has 0 atom stereocenters. The number of hydrogen-bond donors (Lipinski definition) is 1. The Morgan fingerprint density at radius 2 is 2.20 bits per heavy atom. The van der Waals surface area contributed by atoms with Crippen molar-refractivity contribution in [1.29, 1.82) is 0 Å². The standard InChI is InChI=1S/C14H15BrN4O/c1-8-13(15)11(19(2)18-8)6-5-10-7-12(20)17-14(16-10)9-3-4-9/h5-7,9H,3-4H2,1-2H3,(H,16,17,20)/b6-5+. The van der Waals surface area contributed by atoms with Gasteiger partial charge in [0.2, 0.25) is 0 Å². The summed E-state index contributed by atoms with van der Waals surface area (Å²) >= 11 is 3.51. The molecule has 0 saturated heterocycles. The zero-order valence-electron chi connectivity index (χ0n) is 11.4. The summed E-state index contributed by atoms with van der Waals surface area (Å²) in [6.45, 7) is 1.94. The molecule has 2 aromatic heterocycles. The number of H-pyrrole nitrogens is 1. The Morgan fingerprint density at radius 1 is 1.45 bits per heavy atom. The summed E-state index contributed by atoms with van der Waals surface area (Å²) in [5, 5.41) is 4.33. The molecule has 0 spiro atoms. The highest BCUT2D eigenvalue weighted by molar-refractivity contribution is 9.10. The van der Waals surface area contributed by atoms with E-state index in [0.29, 0.717) is 11.6 Å². The van der Waals surface area contributed by atoms with Crippen LogP contribution < -0.4 is 5.56 Å². The van der Waals surface area contributed by atoms with Crippen molar-refractivity contribution >= 4 is 28.1 Å². The molecule has 1 fully saturated rings. The number of nitrogens with one attached hydrogen (secondary N) is 1. The number of aromatic amines is 1. The zero-order valence-corrected chi connectivity index (χ0v) is 12.9. The van der Waals surface area contributed by atoms with Gasteiger partial charge >= 0.3 is 0 Å². The van der Waals surface area contributed by atoms with E-state index in [2.05, 4.69) is 31.0 Å². The van der Waals surface area contributed by atoms with E-state index in [1.807, 2.05) is 26.1 Å². The molecule has 5 nitrogen and oxygen atoms in total. The molecule has 20 heavy (non-hydrogen) atoms. The molecular weight excluding hydrogens is 320 g/mol. The van der Waals surface area contributed by atoms with E-state index in [9.17, 15) is 4.79 Å². The van der Waals surface area contributed by atoms with E-state index in [1.165, 1.54) is 6.07 Å². The summed E-state index contributed by atoms with van der Waals surface area (Å²) in [5.41, 5.74) is 2.48. The third-order valence-electron chi connectivity index (χ3n) is 3.35. The Kier molecular flexibility index (Phi) is 3.33. The van der Waals surface area contributed by atoms with E-state index >= 15 is 0 Å². The first-order valence-corrected chi connectivity index (χ1v) is 7.32. The van der Waals surface area contributed by atoms with Crippen LogP contribution in [0.2, 0.25) is 0 Å². The maximum Gasteiger partial charge on any atom is 0.251 e. The second kappa shape index (κ2) is 5.01. The molecule has 1 aliphatic rings. The van der Waals surface area contributed by atoms with Crippen LogP contribution in [0.25, 0.3) is 12.2 Å². The Morgan fingerprint density at radius 3 is 2.80 bits per heavy atom. The van der Waals surface area contributed by atoms with Crippen molar-refractivity contribution in [3.8, 4) is 0 Å². The Hall–Kier alpha value is -1.69. The number of rotatable bonds is 3. The highest BCUT2D eigenvalue weighted by Gasteiger charge is 2.26. The molecule has 2 heterocycles. The largest absolute Gasteiger partial charge is 0.310 e. The summed E-state index contributed by atoms with van der Waals surface area (Å²) in [5.74, 6) is 1.24. The first kappa shape index (κ1) is 13.3. The summed E-state index contributed by atoms with van der Waals surface area (Å²) in [6, 6.07) is 1.51. The molecule has 0 aliphatic heterocycles. The molecule has 2 aromatic rings. The first-order chi connectivity index (χ1) is 9.54. The van der Waals surface area contributed by atoms with Crippen molar-refractivity contribution in [2.75, 3.05) is 0 Å². The minimum absolute atomic E-state index is 0.0956. The lowest BCUT2D eigenvalue weighted by molar-refractivity contribution is 0.749. The monoisotopic (exact) mass is 334 g/mol. The third kappa shape index (κ3) is 2.60. The summed E-state index contributed by atoms with van der Waals surface area (Å²) < 4.78 is 2.76. The molecule has 0 bridgehead atoms. The van der Waals surface area contributed by atoms with Gasteiger partial charge in [-0.3, -0.25) is 9.48 Å². The SMILES string of the molecule is Cc1nn(C)c(/C=C/c2cc(=O)[nH]c(C3CC3)n2)c1Br. The van der Waals surface area contributed by atoms with Gasteiger partial charge in [-0.15, -0.1) is 0 Å². The van der Waals surface area contributed by atoms with Gasteiger partial charge in [0.25, 0.3) is 5.56 Å². The van der Waals surface area contributed by atoms with Gasteiger partial charge in [-0.1, -0.05) is 0 Å². The summed E-state index contributed by atoms with van der Waals surface area (Å²) in [4.78, 5) is 18.9. The van der Waals surface area contributed by atoms with Crippen molar-refractivity contribution in [2.24, 2.45) is 7.05 Å². The lowest BCUT2D eigenvalue weighted by Gasteiger charge is -1.99. The number of hydrogen-bond acceptors (Lipinski definition) is 3. The van der Waals surface area contributed by atoms with Crippen molar-refractivity contribution in [3.63, 3.8) is 0 Å². The van der Waals surface area contributed by atoms with Crippen LogP contribution in [0, 0.1) is 6.92 Å². The molecule has 0 unspecified atom stereocenters. The molecule has 6 heteroatoms. The molecule has 0 radical (unpaired) electrons. The van der Waals surface area contributed by atoms with Crippen molar-refractivity contribution in [1.82, 2.24) is 19.7 Å². The zero-order chi connectivity index (χ0) is 14.3. The van der Waals surface area contributed by atoms with Crippen LogP contribution in [0.5, 0.6) is 0 Å². The molecule has 1 saturated carbocycles. The first-order valence-electron chi connectivity index (χ1n) is 6.53. The van der Waals surface area contributed by atoms with Crippen LogP contribution >= 0.6 is 15.9 Å². The van der Waals surface area contributed by atoms with Crippen LogP contribution in [0.15, 0.2) is 15.3 Å². The highest BCUT2D eigenvalue weighted by Crippen LogP contribution is 2.37. The van der Waals surface area contributed by atoms with Gasteiger partial charge in [-0.05, 0) is 47.8 Å². The Bertz CT molecular complexity index is 740. The number of aryl methyl sites for hydroxylation is 2. The van der Waals surface area contributed by atoms with Crippen LogP contribution in [-0.4, -0.2) is 19.7 Å². The molecule has 104 valence electrons. The Balaban J connectivity index is 1.94. The fourth-order valence-corrected chi connectivity index (χ4v) is 2.60. The molecule has 1 aliphatic carbocycles. The number of halogens is 1. The van der Waals surface area contributed by atoms with Gasteiger partial charge in [0.15, 0.2) is 0 Å². The normalized spacial score (nSPS) is 15.2. The second-order valence-corrected chi connectivity index (χ2v) is 5.86. The molecular formula is C14H15BrN4O. The maximum atomic E-state index is 11.6. The highest BCUT2D eigenvalue weighted by atomic mass is 79.9. The molecule has 0 amide bonds. The predicted octanol–water partition coefficient (Wildman–Crippen LogP) is 2.62. The lowest BCUT2D eigenvalue weighted by atomic mass is 10.3. The minimum Gasteiger partial charge on any atom is -0.310 e. The van der Waals surface area contributed by atoms with Gasteiger partial charge in [0.05, 0.1) is 21.6 Å². The average molecular weight is 335 g/mol. The quantitative estimate of drug-likeness (QED) is 0.938. The van der Waals surface area contributed by atoms with Crippen molar-refractivity contribution in [2.45, 2.75) is 25.7 Å². The fourth-order valence-electron chi connectivity index (χ4n) is 2.13. The fraction of sp³-hybridized carbons (Fsp3) is 0.357. The van der Waals surface area contributed by atoms with Gasteiger partial charge in [0, 0.05) is 19.0 Å². The van der Waals surface area contributed by atoms with Crippen molar-refractivity contribution < 1.29 is 0 Å². The number of aromatic nitrogens is 4. The summed E-state index contributed by atoms with van der Waals surface area (Å²) in [6.07, 6.45) is 6.00. The number of nitrogens with zero attached hydrogens (tertiary/aromatic N) is 3. The van der Waals surface area contributed by atoms with Crippen molar-refractivity contribution in [3.05, 3.63) is 43.8 Å². The van der Waals surface area contributed by atoms with E-state index < -0.39 is 0 Å². The second-order valence-electron chi connectivity index (χ2n) is 5.07. The topological polar surface area (TPSA) is 63.6 Å². The molecule has 1 N–H and O–H groups in total. The lowest BCUT2D eigenvalue weighted by Crippen LogP contribution is -2.10. The predicted molar refractivity (Wildman–Crippen MR) is 81.4 cm³/mol. The maximum absolute atomic E-state index is 11.6. The van der Waals surface area contributed by atoms with Gasteiger partial charge in [0.1, 0.15) is 5.82 Å². The minimum atomic E-state index is -0.0956. The third-order valence-corrected chi connectivity index (χ3v) is 4.33. The van der Waals surface area contributed by atoms with Crippen LogP contribution in [0.3, 0.4) is 0 Å². The molecule has 0 aromatic carbocycles. The molecule has 3 rings (SSSR count). The van der Waals surface area contributed by atoms with Crippen LogP contribution in [-0.2, 0) is 7.05 Å².